The van der Waals surface area contributed by atoms with Crippen molar-refractivity contribution >= 4 is 32.6 Å². The number of amides is 1. The van der Waals surface area contributed by atoms with E-state index in [1.807, 2.05) is 0 Å². The second-order valence-corrected chi connectivity index (χ2v) is 8.47. The molecule has 1 amide bonds. The zero-order chi connectivity index (χ0) is 18.8. The maximum atomic E-state index is 12.7. The van der Waals surface area contributed by atoms with Gasteiger partial charge in [0.2, 0.25) is 5.91 Å². The molecule has 0 spiro atoms. The Morgan fingerprint density at radius 1 is 1.19 bits per heavy atom. The van der Waals surface area contributed by atoms with Crippen LogP contribution in [0.25, 0.3) is 10.2 Å². The molecule has 1 saturated heterocycles. The highest BCUT2D eigenvalue weighted by atomic mass is 32.1. The Bertz CT molecular complexity index is 948. The predicted molar refractivity (Wildman–Crippen MR) is 112 cm³/mol. The second kappa shape index (κ2) is 7.69. The van der Waals surface area contributed by atoms with E-state index in [9.17, 15) is 4.79 Å². The number of carbonyl (C=O) groups is 1. The van der Waals surface area contributed by atoms with Crippen LogP contribution in [0.1, 0.15) is 29.5 Å². The summed E-state index contributed by atoms with van der Waals surface area (Å²) in [4.78, 5) is 19.7. The molecular weight excluding hydrogens is 354 g/mol. The first kappa shape index (κ1) is 18.0. The lowest BCUT2D eigenvalue weighted by Crippen LogP contribution is -2.42. The number of aromatic nitrogens is 1. The third-order valence-corrected chi connectivity index (χ3v) is 6.26. The summed E-state index contributed by atoms with van der Waals surface area (Å²) in [5, 5.41) is 4.15. The lowest BCUT2D eigenvalue weighted by Gasteiger charge is -2.31. The van der Waals surface area contributed by atoms with Gasteiger partial charge in [-0.2, -0.15) is 0 Å². The third kappa shape index (κ3) is 4.14. The molecule has 0 radical (unpaired) electrons. The van der Waals surface area contributed by atoms with E-state index < -0.39 is 0 Å². The van der Waals surface area contributed by atoms with Crippen molar-refractivity contribution in [1.82, 2.24) is 10.3 Å². The topological polar surface area (TPSA) is 45.2 Å². The molecule has 0 saturated carbocycles. The first-order chi connectivity index (χ1) is 13.1. The zero-order valence-corrected chi connectivity index (χ0v) is 16.7. The largest absolute Gasteiger partial charge is 0.352 e. The van der Waals surface area contributed by atoms with Gasteiger partial charge in [0.05, 0.1) is 16.1 Å². The summed E-state index contributed by atoms with van der Waals surface area (Å²) in [6.45, 7) is 6.49. The van der Waals surface area contributed by atoms with Gasteiger partial charge in [0.1, 0.15) is 0 Å². The molecule has 2 aromatic carbocycles. The highest BCUT2D eigenvalue weighted by Gasteiger charge is 2.27. The van der Waals surface area contributed by atoms with Gasteiger partial charge in [0, 0.05) is 19.6 Å². The van der Waals surface area contributed by atoms with Gasteiger partial charge in [-0.3, -0.25) is 4.79 Å². The standard InChI is InChI=1S/C22H25N3OS/c1-15-5-8-17(9-6-15)13-23-21(26)18-4-3-11-25(14-18)22-24-19-10-7-16(2)12-20(19)27-22/h5-10,12,18H,3-4,11,13-14H2,1-2H3,(H,23,26). The minimum Gasteiger partial charge on any atom is -0.352 e. The van der Waals surface area contributed by atoms with Gasteiger partial charge in [0.15, 0.2) is 5.13 Å². The molecule has 0 bridgehead atoms. The van der Waals surface area contributed by atoms with Gasteiger partial charge in [-0.25, -0.2) is 4.98 Å². The van der Waals surface area contributed by atoms with Crippen LogP contribution in [0.5, 0.6) is 0 Å². The normalized spacial score (nSPS) is 17.3. The maximum absolute atomic E-state index is 12.7. The Balaban J connectivity index is 1.40. The number of anilines is 1. The molecule has 1 fully saturated rings. The molecule has 27 heavy (non-hydrogen) atoms. The molecule has 2 heterocycles. The van der Waals surface area contributed by atoms with Crippen molar-refractivity contribution in [3.63, 3.8) is 0 Å². The molecule has 4 rings (SSSR count). The van der Waals surface area contributed by atoms with E-state index in [4.69, 9.17) is 4.98 Å². The Morgan fingerprint density at radius 3 is 2.78 bits per heavy atom. The Hall–Kier alpha value is -2.40. The van der Waals surface area contributed by atoms with Gasteiger partial charge in [-0.05, 0) is 49.9 Å². The van der Waals surface area contributed by atoms with Crippen LogP contribution in [0.3, 0.4) is 0 Å². The molecule has 140 valence electrons. The lowest BCUT2D eigenvalue weighted by atomic mass is 9.97. The van der Waals surface area contributed by atoms with Gasteiger partial charge < -0.3 is 10.2 Å². The molecule has 0 aliphatic carbocycles. The van der Waals surface area contributed by atoms with Crippen molar-refractivity contribution in [3.8, 4) is 0 Å². The van der Waals surface area contributed by atoms with Crippen LogP contribution in [-0.4, -0.2) is 24.0 Å². The fourth-order valence-corrected chi connectivity index (χ4v) is 4.66. The van der Waals surface area contributed by atoms with Crippen molar-refractivity contribution in [3.05, 3.63) is 59.2 Å². The quantitative estimate of drug-likeness (QED) is 0.729. The first-order valence-corrected chi connectivity index (χ1v) is 10.4. The zero-order valence-electron chi connectivity index (χ0n) is 15.9. The number of piperidine rings is 1. The highest BCUT2D eigenvalue weighted by molar-refractivity contribution is 7.22. The number of hydrogen-bond acceptors (Lipinski definition) is 4. The fraction of sp³-hybridized carbons (Fsp3) is 0.364. The number of carbonyl (C=O) groups excluding carboxylic acids is 1. The fourth-order valence-electron chi connectivity index (χ4n) is 3.56. The average Bonchev–Trinajstić information content (AvgIpc) is 3.10. The van der Waals surface area contributed by atoms with Gasteiger partial charge in [-0.1, -0.05) is 47.2 Å². The monoisotopic (exact) mass is 379 g/mol. The molecule has 1 N–H and O–H groups in total. The Morgan fingerprint density at radius 2 is 1.96 bits per heavy atom. The minimum atomic E-state index is 0.0259. The summed E-state index contributed by atoms with van der Waals surface area (Å²) in [6.07, 6.45) is 1.97. The van der Waals surface area contributed by atoms with E-state index in [2.05, 4.69) is 66.5 Å². The van der Waals surface area contributed by atoms with E-state index in [-0.39, 0.29) is 11.8 Å². The minimum absolute atomic E-state index is 0.0259. The van der Waals surface area contributed by atoms with Crippen LogP contribution >= 0.6 is 11.3 Å². The van der Waals surface area contributed by atoms with E-state index in [0.717, 1.165) is 42.1 Å². The number of aryl methyl sites for hydroxylation is 2. The van der Waals surface area contributed by atoms with Crippen molar-refractivity contribution in [2.45, 2.75) is 33.2 Å². The number of nitrogens with one attached hydrogen (secondary N) is 1. The summed E-state index contributed by atoms with van der Waals surface area (Å²) in [5.41, 5.74) is 4.68. The molecule has 4 nitrogen and oxygen atoms in total. The Labute approximate surface area is 164 Å². The van der Waals surface area contributed by atoms with Crippen molar-refractivity contribution in [1.29, 1.82) is 0 Å². The van der Waals surface area contributed by atoms with Gasteiger partial charge in [0.25, 0.3) is 0 Å². The van der Waals surface area contributed by atoms with Crippen LogP contribution in [0.15, 0.2) is 42.5 Å². The molecule has 3 aromatic rings. The van der Waals surface area contributed by atoms with Gasteiger partial charge >= 0.3 is 0 Å². The van der Waals surface area contributed by atoms with Crippen LogP contribution < -0.4 is 10.2 Å². The van der Waals surface area contributed by atoms with E-state index in [1.165, 1.54) is 15.8 Å². The number of hydrogen-bond donors (Lipinski definition) is 1. The molecule has 1 aliphatic rings. The van der Waals surface area contributed by atoms with Crippen LogP contribution in [0, 0.1) is 19.8 Å². The molecule has 1 unspecified atom stereocenters. The molecular formula is C22H25N3OS. The summed E-state index contributed by atoms with van der Waals surface area (Å²) in [6, 6.07) is 14.7. The SMILES string of the molecule is Cc1ccc(CNC(=O)C2CCCN(c3nc4ccc(C)cc4s3)C2)cc1. The predicted octanol–water partition coefficient (Wildman–Crippen LogP) is 4.45. The van der Waals surface area contributed by atoms with Crippen LogP contribution in [-0.2, 0) is 11.3 Å². The summed E-state index contributed by atoms with van der Waals surface area (Å²) in [7, 11) is 0. The number of nitrogens with zero attached hydrogens (tertiary/aromatic N) is 2. The second-order valence-electron chi connectivity index (χ2n) is 7.46. The highest BCUT2D eigenvalue weighted by Crippen LogP contribution is 2.32. The number of rotatable bonds is 4. The molecule has 1 aliphatic heterocycles. The molecule has 1 atom stereocenters. The van der Waals surface area contributed by atoms with Crippen molar-refractivity contribution in [2.24, 2.45) is 5.92 Å². The smallest absolute Gasteiger partial charge is 0.225 e. The van der Waals surface area contributed by atoms with Gasteiger partial charge in [-0.15, -0.1) is 0 Å². The number of benzene rings is 2. The van der Waals surface area contributed by atoms with E-state index >= 15 is 0 Å². The Kier molecular flexibility index (Phi) is 5.12. The number of fused-ring (bicyclic) bond motifs is 1. The summed E-state index contributed by atoms with van der Waals surface area (Å²) in [5.74, 6) is 0.176. The third-order valence-electron chi connectivity index (χ3n) is 5.18. The first-order valence-electron chi connectivity index (χ1n) is 9.54. The molecule has 5 heteroatoms. The summed E-state index contributed by atoms with van der Waals surface area (Å²) >= 11 is 1.73. The molecule has 1 aromatic heterocycles. The maximum Gasteiger partial charge on any atom is 0.225 e. The van der Waals surface area contributed by atoms with E-state index in [0.29, 0.717) is 6.54 Å². The van der Waals surface area contributed by atoms with Crippen molar-refractivity contribution < 1.29 is 4.79 Å². The summed E-state index contributed by atoms with van der Waals surface area (Å²) < 4.78 is 1.22. The average molecular weight is 380 g/mol. The lowest BCUT2D eigenvalue weighted by molar-refractivity contribution is -0.125. The number of thiazole rings is 1. The van der Waals surface area contributed by atoms with E-state index in [1.54, 1.807) is 11.3 Å². The van der Waals surface area contributed by atoms with Crippen LogP contribution in [0.4, 0.5) is 5.13 Å². The van der Waals surface area contributed by atoms with Crippen LogP contribution in [0.2, 0.25) is 0 Å². The van der Waals surface area contributed by atoms with Crippen molar-refractivity contribution in [2.75, 3.05) is 18.0 Å².